The molecule has 0 spiro atoms. The maximum Gasteiger partial charge on any atom is 0.253 e. The summed E-state index contributed by atoms with van der Waals surface area (Å²) in [4.78, 5) is 43.0. The van der Waals surface area contributed by atoms with Crippen molar-refractivity contribution in [2.75, 3.05) is 40.4 Å². The molecule has 1 aliphatic heterocycles. The topological polar surface area (TPSA) is 88.2 Å². The van der Waals surface area contributed by atoms with Crippen LogP contribution < -0.4 is 14.8 Å². The lowest BCUT2D eigenvalue weighted by molar-refractivity contribution is -0.134. The SMILES string of the molecule is COc1cc(OC)cc(C(=O)NC(C(=O)N2CCCN(C(=O)c3cccc(C)c3)CC2)C(C)C)c1. The van der Waals surface area contributed by atoms with E-state index in [2.05, 4.69) is 5.32 Å². The van der Waals surface area contributed by atoms with Crippen LogP contribution in [0.25, 0.3) is 0 Å². The molecule has 0 bridgehead atoms. The van der Waals surface area contributed by atoms with Crippen LogP contribution in [0.2, 0.25) is 0 Å². The van der Waals surface area contributed by atoms with E-state index in [0.717, 1.165) is 5.56 Å². The number of hydrogen-bond acceptors (Lipinski definition) is 5. The molecular formula is C27H35N3O5. The van der Waals surface area contributed by atoms with Gasteiger partial charge in [-0.15, -0.1) is 0 Å². The molecule has 1 heterocycles. The van der Waals surface area contributed by atoms with Gasteiger partial charge in [0.25, 0.3) is 11.8 Å². The molecule has 0 saturated carbocycles. The number of nitrogens with zero attached hydrogens (tertiary/aromatic N) is 2. The highest BCUT2D eigenvalue weighted by Gasteiger charge is 2.31. The molecule has 3 amide bonds. The van der Waals surface area contributed by atoms with E-state index in [1.54, 1.807) is 28.0 Å². The van der Waals surface area contributed by atoms with Gasteiger partial charge in [0, 0.05) is 43.4 Å². The smallest absolute Gasteiger partial charge is 0.253 e. The molecule has 8 heteroatoms. The van der Waals surface area contributed by atoms with Gasteiger partial charge in [-0.3, -0.25) is 14.4 Å². The van der Waals surface area contributed by atoms with E-state index in [1.807, 2.05) is 45.0 Å². The van der Waals surface area contributed by atoms with Crippen molar-refractivity contribution >= 4 is 17.7 Å². The maximum atomic E-state index is 13.5. The summed E-state index contributed by atoms with van der Waals surface area (Å²) < 4.78 is 10.5. The fourth-order valence-corrected chi connectivity index (χ4v) is 4.17. The summed E-state index contributed by atoms with van der Waals surface area (Å²) in [6.07, 6.45) is 0.676. The van der Waals surface area contributed by atoms with Crippen molar-refractivity contribution in [1.29, 1.82) is 0 Å². The zero-order chi connectivity index (χ0) is 25.5. The third kappa shape index (κ3) is 6.53. The molecule has 1 atom stereocenters. The van der Waals surface area contributed by atoms with Crippen LogP contribution in [0.1, 0.15) is 46.5 Å². The number of carbonyl (C=O) groups excluding carboxylic acids is 3. The first kappa shape index (κ1) is 26.1. The Morgan fingerprint density at radius 1 is 0.857 bits per heavy atom. The largest absolute Gasteiger partial charge is 0.497 e. The minimum Gasteiger partial charge on any atom is -0.497 e. The standard InChI is InChI=1S/C27H35N3O5/c1-18(2)24(28-25(31)21-15-22(34-4)17-23(16-21)35-5)27(33)30-11-7-10-29(12-13-30)26(32)20-9-6-8-19(3)14-20/h6,8-9,14-18,24H,7,10-13H2,1-5H3,(H,28,31). The van der Waals surface area contributed by atoms with E-state index in [0.29, 0.717) is 55.2 Å². The molecule has 0 aromatic heterocycles. The molecule has 8 nitrogen and oxygen atoms in total. The summed E-state index contributed by atoms with van der Waals surface area (Å²) in [6.45, 7) is 7.75. The van der Waals surface area contributed by atoms with Crippen LogP contribution in [-0.2, 0) is 4.79 Å². The zero-order valence-electron chi connectivity index (χ0n) is 21.2. The molecule has 0 aliphatic carbocycles. The maximum absolute atomic E-state index is 13.5. The Bertz CT molecular complexity index is 1050. The van der Waals surface area contributed by atoms with Crippen molar-refractivity contribution < 1.29 is 23.9 Å². The van der Waals surface area contributed by atoms with Gasteiger partial charge in [0.15, 0.2) is 0 Å². The predicted molar refractivity (Wildman–Crippen MR) is 134 cm³/mol. The van der Waals surface area contributed by atoms with Crippen molar-refractivity contribution in [3.63, 3.8) is 0 Å². The second-order valence-electron chi connectivity index (χ2n) is 9.14. The quantitative estimate of drug-likeness (QED) is 0.657. The lowest BCUT2D eigenvalue weighted by Crippen LogP contribution is -2.52. The molecule has 2 aromatic carbocycles. The summed E-state index contributed by atoms with van der Waals surface area (Å²) in [6, 6.07) is 11.8. The van der Waals surface area contributed by atoms with Gasteiger partial charge in [-0.05, 0) is 43.5 Å². The minimum atomic E-state index is -0.696. The molecule has 1 unspecified atom stereocenters. The molecule has 1 N–H and O–H groups in total. The summed E-state index contributed by atoms with van der Waals surface area (Å²) in [5.41, 5.74) is 2.04. The Balaban J connectivity index is 1.69. The van der Waals surface area contributed by atoms with Gasteiger partial charge < -0.3 is 24.6 Å². The van der Waals surface area contributed by atoms with Crippen LogP contribution in [0.3, 0.4) is 0 Å². The number of aryl methyl sites for hydroxylation is 1. The van der Waals surface area contributed by atoms with Crippen LogP contribution in [-0.4, -0.2) is 74.0 Å². The van der Waals surface area contributed by atoms with E-state index in [9.17, 15) is 14.4 Å². The van der Waals surface area contributed by atoms with Crippen LogP contribution >= 0.6 is 0 Å². The predicted octanol–water partition coefficient (Wildman–Crippen LogP) is 3.14. The molecule has 1 saturated heterocycles. The lowest BCUT2D eigenvalue weighted by Gasteiger charge is -2.29. The Hall–Kier alpha value is -3.55. The van der Waals surface area contributed by atoms with Crippen LogP contribution in [0.15, 0.2) is 42.5 Å². The Labute approximate surface area is 207 Å². The first-order valence-electron chi connectivity index (χ1n) is 11.9. The summed E-state index contributed by atoms with van der Waals surface area (Å²) in [7, 11) is 3.03. The highest BCUT2D eigenvalue weighted by atomic mass is 16.5. The molecule has 0 radical (unpaired) electrons. The van der Waals surface area contributed by atoms with E-state index in [4.69, 9.17) is 9.47 Å². The number of rotatable bonds is 7. The molecule has 1 aliphatic rings. The zero-order valence-corrected chi connectivity index (χ0v) is 21.2. The van der Waals surface area contributed by atoms with Gasteiger partial charge in [0.1, 0.15) is 17.5 Å². The number of benzene rings is 2. The number of methoxy groups -OCH3 is 2. The highest BCUT2D eigenvalue weighted by molar-refractivity contribution is 5.98. The molecule has 188 valence electrons. The molecule has 1 fully saturated rings. The Morgan fingerprint density at radius 2 is 1.49 bits per heavy atom. The first-order chi connectivity index (χ1) is 16.7. The third-order valence-electron chi connectivity index (χ3n) is 6.19. The van der Waals surface area contributed by atoms with Crippen LogP contribution in [0.4, 0.5) is 0 Å². The molecule has 2 aromatic rings. The van der Waals surface area contributed by atoms with Crippen molar-refractivity contribution in [1.82, 2.24) is 15.1 Å². The number of carbonyl (C=O) groups is 3. The van der Waals surface area contributed by atoms with Crippen molar-refractivity contribution in [3.05, 3.63) is 59.2 Å². The number of nitrogens with one attached hydrogen (secondary N) is 1. The van der Waals surface area contributed by atoms with Crippen molar-refractivity contribution in [2.24, 2.45) is 5.92 Å². The van der Waals surface area contributed by atoms with E-state index in [-0.39, 0.29) is 23.6 Å². The molecule has 3 rings (SSSR count). The lowest BCUT2D eigenvalue weighted by atomic mass is 10.0. The summed E-state index contributed by atoms with van der Waals surface area (Å²) in [5, 5.41) is 2.90. The third-order valence-corrected chi connectivity index (χ3v) is 6.19. The monoisotopic (exact) mass is 481 g/mol. The van der Waals surface area contributed by atoms with Gasteiger partial charge in [-0.1, -0.05) is 31.5 Å². The minimum absolute atomic E-state index is 0.0244. The van der Waals surface area contributed by atoms with Crippen LogP contribution in [0.5, 0.6) is 11.5 Å². The number of amides is 3. The fourth-order valence-electron chi connectivity index (χ4n) is 4.17. The average molecular weight is 482 g/mol. The van der Waals surface area contributed by atoms with Gasteiger partial charge in [-0.25, -0.2) is 0 Å². The average Bonchev–Trinajstić information content (AvgIpc) is 3.12. The second-order valence-corrected chi connectivity index (χ2v) is 9.14. The van der Waals surface area contributed by atoms with Gasteiger partial charge in [0.2, 0.25) is 5.91 Å². The van der Waals surface area contributed by atoms with Gasteiger partial charge in [-0.2, -0.15) is 0 Å². The normalized spacial score (nSPS) is 14.8. The van der Waals surface area contributed by atoms with E-state index < -0.39 is 6.04 Å². The second kappa shape index (κ2) is 11.7. The number of hydrogen-bond donors (Lipinski definition) is 1. The van der Waals surface area contributed by atoms with Gasteiger partial charge >= 0.3 is 0 Å². The summed E-state index contributed by atoms with van der Waals surface area (Å²) in [5.74, 6) is 0.324. The Kier molecular flexibility index (Phi) is 8.73. The van der Waals surface area contributed by atoms with Crippen molar-refractivity contribution in [2.45, 2.75) is 33.2 Å². The molecule has 35 heavy (non-hydrogen) atoms. The fraction of sp³-hybridized carbons (Fsp3) is 0.444. The number of ether oxygens (including phenoxy) is 2. The van der Waals surface area contributed by atoms with E-state index >= 15 is 0 Å². The summed E-state index contributed by atoms with van der Waals surface area (Å²) >= 11 is 0. The van der Waals surface area contributed by atoms with Crippen molar-refractivity contribution in [3.8, 4) is 11.5 Å². The molecular weight excluding hydrogens is 446 g/mol. The first-order valence-corrected chi connectivity index (χ1v) is 11.9. The van der Waals surface area contributed by atoms with Crippen LogP contribution in [0, 0.1) is 12.8 Å². The van der Waals surface area contributed by atoms with Gasteiger partial charge in [0.05, 0.1) is 14.2 Å². The highest BCUT2D eigenvalue weighted by Crippen LogP contribution is 2.23. The van der Waals surface area contributed by atoms with E-state index in [1.165, 1.54) is 14.2 Å². The Morgan fingerprint density at radius 3 is 2.09 bits per heavy atom.